The van der Waals surface area contributed by atoms with E-state index in [-0.39, 0.29) is 12.4 Å². The minimum Gasteiger partial charge on any atom is -0.488 e. The van der Waals surface area contributed by atoms with Gasteiger partial charge in [0.15, 0.2) is 11.6 Å². The Bertz CT molecular complexity index is 391. The zero-order valence-corrected chi connectivity index (χ0v) is 12.7. The molecule has 0 fully saturated rings. The second kappa shape index (κ2) is 10.5. The van der Waals surface area contributed by atoms with Crippen LogP contribution >= 0.6 is 0 Å². The highest BCUT2D eigenvalue weighted by molar-refractivity contribution is 5.23. The predicted molar refractivity (Wildman–Crippen MR) is 80.1 cm³/mol. The first-order chi connectivity index (χ1) is 10.1. The van der Waals surface area contributed by atoms with Crippen LogP contribution in [0.15, 0.2) is 24.3 Å². The van der Waals surface area contributed by atoms with Gasteiger partial charge in [-0.25, -0.2) is 4.39 Å². The summed E-state index contributed by atoms with van der Waals surface area (Å²) in [6.07, 6.45) is -0.689. The van der Waals surface area contributed by atoms with Crippen molar-refractivity contribution in [2.24, 2.45) is 0 Å². The highest BCUT2D eigenvalue weighted by atomic mass is 19.1. The van der Waals surface area contributed by atoms with Gasteiger partial charge in [0.2, 0.25) is 0 Å². The number of rotatable bonds is 11. The molecular formula is C15H25FN2O3. The molecule has 0 bridgehead atoms. The minimum absolute atomic E-state index is 0.0510. The summed E-state index contributed by atoms with van der Waals surface area (Å²) in [7, 11) is 3.99. The zero-order valence-electron chi connectivity index (χ0n) is 12.7. The van der Waals surface area contributed by atoms with Gasteiger partial charge < -0.3 is 24.8 Å². The van der Waals surface area contributed by atoms with Gasteiger partial charge in [-0.05, 0) is 26.2 Å². The van der Waals surface area contributed by atoms with Gasteiger partial charge in [-0.1, -0.05) is 12.1 Å². The van der Waals surface area contributed by atoms with E-state index in [2.05, 4.69) is 10.2 Å². The summed E-state index contributed by atoms with van der Waals surface area (Å²) in [6, 6.07) is 6.14. The third-order valence-electron chi connectivity index (χ3n) is 2.75. The number of nitrogens with zero attached hydrogens (tertiary/aromatic N) is 1. The molecule has 0 aromatic heterocycles. The largest absolute Gasteiger partial charge is 0.488 e. The van der Waals surface area contributed by atoms with E-state index in [9.17, 15) is 9.50 Å². The first-order valence-corrected chi connectivity index (χ1v) is 7.08. The molecule has 1 rings (SSSR count). The molecule has 1 aromatic carbocycles. The van der Waals surface area contributed by atoms with Crippen molar-refractivity contribution < 1.29 is 19.0 Å². The van der Waals surface area contributed by atoms with Gasteiger partial charge in [0.05, 0.1) is 13.2 Å². The highest BCUT2D eigenvalue weighted by Crippen LogP contribution is 2.15. The molecule has 0 heterocycles. The first-order valence-electron chi connectivity index (χ1n) is 7.08. The smallest absolute Gasteiger partial charge is 0.165 e. The maximum Gasteiger partial charge on any atom is 0.165 e. The number of nitrogens with one attached hydrogen (secondary N) is 1. The quantitative estimate of drug-likeness (QED) is 0.590. The van der Waals surface area contributed by atoms with Crippen molar-refractivity contribution in [3.05, 3.63) is 30.1 Å². The monoisotopic (exact) mass is 300 g/mol. The van der Waals surface area contributed by atoms with Gasteiger partial charge in [0, 0.05) is 19.6 Å². The minimum atomic E-state index is -0.689. The van der Waals surface area contributed by atoms with Crippen LogP contribution in [-0.2, 0) is 4.74 Å². The Kier molecular flexibility index (Phi) is 8.93. The lowest BCUT2D eigenvalue weighted by atomic mass is 10.3. The Hall–Kier alpha value is -1.21. The molecule has 0 aliphatic carbocycles. The van der Waals surface area contributed by atoms with Crippen LogP contribution in [-0.4, -0.2) is 69.7 Å². The standard InChI is InChI=1S/C15H25FN2O3/c1-18(2)8-10-20-9-7-17-11-13(19)12-21-15-6-4-3-5-14(15)16/h3-6,13,17,19H,7-12H2,1-2H3. The Labute approximate surface area is 125 Å². The molecule has 6 heteroatoms. The fourth-order valence-corrected chi connectivity index (χ4v) is 1.57. The van der Waals surface area contributed by atoms with E-state index in [0.29, 0.717) is 26.3 Å². The van der Waals surface area contributed by atoms with Crippen LogP contribution in [0.4, 0.5) is 4.39 Å². The third kappa shape index (κ3) is 8.62. The predicted octanol–water partition coefficient (Wildman–Crippen LogP) is 0.733. The second-order valence-corrected chi connectivity index (χ2v) is 5.02. The van der Waals surface area contributed by atoms with Crippen LogP contribution in [0.1, 0.15) is 0 Å². The normalized spacial score (nSPS) is 12.6. The molecule has 0 saturated heterocycles. The van der Waals surface area contributed by atoms with Gasteiger partial charge in [0.1, 0.15) is 12.7 Å². The molecule has 2 N–H and O–H groups in total. The number of hydrogen-bond donors (Lipinski definition) is 2. The van der Waals surface area contributed by atoms with E-state index in [0.717, 1.165) is 6.54 Å². The van der Waals surface area contributed by atoms with Gasteiger partial charge >= 0.3 is 0 Å². The van der Waals surface area contributed by atoms with Crippen molar-refractivity contribution >= 4 is 0 Å². The fourth-order valence-electron chi connectivity index (χ4n) is 1.57. The molecule has 120 valence electrons. The maximum absolute atomic E-state index is 13.3. The zero-order chi connectivity index (χ0) is 15.5. The fraction of sp³-hybridized carbons (Fsp3) is 0.600. The number of halogens is 1. The summed E-state index contributed by atoms with van der Waals surface area (Å²) in [5.41, 5.74) is 0. The molecule has 1 atom stereocenters. The van der Waals surface area contributed by atoms with E-state index < -0.39 is 11.9 Å². The number of aliphatic hydroxyl groups is 1. The summed E-state index contributed by atoms with van der Waals surface area (Å²) in [5.74, 6) is -0.268. The SMILES string of the molecule is CN(C)CCOCCNCC(O)COc1ccccc1F. The molecule has 1 aromatic rings. The Morgan fingerprint density at radius 2 is 2.05 bits per heavy atom. The highest BCUT2D eigenvalue weighted by Gasteiger charge is 2.07. The summed E-state index contributed by atoms with van der Waals surface area (Å²) in [5, 5.41) is 12.8. The molecular weight excluding hydrogens is 275 g/mol. The average Bonchev–Trinajstić information content (AvgIpc) is 2.45. The van der Waals surface area contributed by atoms with Crippen LogP contribution < -0.4 is 10.1 Å². The molecule has 0 spiro atoms. The average molecular weight is 300 g/mol. The number of benzene rings is 1. The van der Waals surface area contributed by atoms with Crippen molar-refractivity contribution in [3.8, 4) is 5.75 Å². The topological polar surface area (TPSA) is 54.0 Å². The Morgan fingerprint density at radius 3 is 2.76 bits per heavy atom. The van der Waals surface area contributed by atoms with E-state index in [1.165, 1.54) is 12.1 Å². The van der Waals surface area contributed by atoms with Crippen molar-refractivity contribution in [2.45, 2.75) is 6.10 Å². The lowest BCUT2D eigenvalue weighted by Gasteiger charge is -2.14. The second-order valence-electron chi connectivity index (χ2n) is 5.02. The molecule has 0 radical (unpaired) electrons. The van der Waals surface area contributed by atoms with Crippen molar-refractivity contribution in [1.29, 1.82) is 0 Å². The van der Waals surface area contributed by atoms with Crippen molar-refractivity contribution in [1.82, 2.24) is 10.2 Å². The summed E-state index contributed by atoms with van der Waals surface area (Å²) in [6.45, 7) is 3.26. The number of para-hydroxylation sites is 1. The van der Waals surface area contributed by atoms with Gasteiger partial charge in [0.25, 0.3) is 0 Å². The lowest BCUT2D eigenvalue weighted by molar-refractivity contribution is 0.0940. The van der Waals surface area contributed by atoms with Gasteiger partial charge in [-0.15, -0.1) is 0 Å². The molecule has 1 unspecified atom stereocenters. The Balaban J connectivity index is 2.01. The van der Waals surface area contributed by atoms with Crippen LogP contribution in [0, 0.1) is 5.82 Å². The lowest BCUT2D eigenvalue weighted by Crippen LogP contribution is -2.33. The van der Waals surface area contributed by atoms with Gasteiger partial charge in [-0.3, -0.25) is 0 Å². The molecule has 0 amide bonds. The number of likely N-dealkylation sites (N-methyl/N-ethyl adjacent to an activating group) is 1. The van der Waals surface area contributed by atoms with E-state index in [4.69, 9.17) is 9.47 Å². The summed E-state index contributed by atoms with van der Waals surface area (Å²) in [4.78, 5) is 2.05. The third-order valence-corrected chi connectivity index (χ3v) is 2.75. The van der Waals surface area contributed by atoms with Gasteiger partial charge in [-0.2, -0.15) is 0 Å². The van der Waals surface area contributed by atoms with E-state index in [1.54, 1.807) is 12.1 Å². The maximum atomic E-state index is 13.3. The number of aliphatic hydroxyl groups excluding tert-OH is 1. The summed E-state index contributed by atoms with van der Waals surface area (Å²) >= 11 is 0. The summed E-state index contributed by atoms with van der Waals surface area (Å²) < 4.78 is 23.9. The van der Waals surface area contributed by atoms with Crippen LogP contribution in [0.25, 0.3) is 0 Å². The molecule has 0 aliphatic rings. The molecule has 21 heavy (non-hydrogen) atoms. The van der Waals surface area contributed by atoms with Crippen LogP contribution in [0.3, 0.4) is 0 Å². The molecule has 0 aliphatic heterocycles. The first kappa shape index (κ1) is 17.8. The number of ether oxygens (including phenoxy) is 2. The van der Waals surface area contributed by atoms with Crippen molar-refractivity contribution in [3.63, 3.8) is 0 Å². The molecule has 5 nitrogen and oxygen atoms in total. The Morgan fingerprint density at radius 1 is 1.29 bits per heavy atom. The molecule has 0 saturated carbocycles. The number of hydrogen-bond acceptors (Lipinski definition) is 5. The van der Waals surface area contributed by atoms with Crippen LogP contribution in [0.5, 0.6) is 5.75 Å². The van der Waals surface area contributed by atoms with Crippen LogP contribution in [0.2, 0.25) is 0 Å². The van der Waals surface area contributed by atoms with E-state index in [1.807, 2.05) is 14.1 Å². The van der Waals surface area contributed by atoms with E-state index >= 15 is 0 Å². The van der Waals surface area contributed by atoms with Crippen molar-refractivity contribution in [2.75, 3.05) is 53.6 Å².